The second kappa shape index (κ2) is 8.13. The molecule has 2 aromatic heterocycles. The van der Waals surface area contributed by atoms with Crippen molar-refractivity contribution in [1.29, 1.82) is 0 Å². The molecule has 2 N–H and O–H groups in total. The number of piperidine rings is 1. The summed E-state index contributed by atoms with van der Waals surface area (Å²) in [4.78, 5) is 18.8. The van der Waals surface area contributed by atoms with Crippen molar-refractivity contribution >= 4 is 11.7 Å². The predicted octanol–water partition coefficient (Wildman–Crippen LogP) is 1.71. The van der Waals surface area contributed by atoms with Gasteiger partial charge in [0.15, 0.2) is 5.76 Å². The van der Waals surface area contributed by atoms with Crippen LogP contribution in [0.2, 0.25) is 0 Å². The zero-order valence-corrected chi connectivity index (χ0v) is 14.3. The number of β-amino-alcohol motifs (C(OH)–C–C–N with tert-alkyl or cyclic N) is 1. The van der Waals surface area contributed by atoms with Crippen molar-refractivity contribution in [2.24, 2.45) is 0 Å². The zero-order chi connectivity index (χ0) is 17.6. The molecule has 1 aliphatic heterocycles. The van der Waals surface area contributed by atoms with Gasteiger partial charge in [-0.2, -0.15) is 0 Å². The fraction of sp³-hybridized carbons (Fsp3) is 0.444. The third-order valence-corrected chi connectivity index (χ3v) is 4.17. The number of hydrogen-bond donors (Lipinski definition) is 2. The Bertz CT molecular complexity index is 716. The lowest BCUT2D eigenvalue weighted by Gasteiger charge is -2.32. The monoisotopic (exact) mass is 345 g/mol. The van der Waals surface area contributed by atoms with Gasteiger partial charge >= 0.3 is 0 Å². The van der Waals surface area contributed by atoms with Gasteiger partial charge in [0.25, 0.3) is 5.91 Å². The highest BCUT2D eigenvalue weighted by Crippen LogP contribution is 2.22. The summed E-state index contributed by atoms with van der Waals surface area (Å²) >= 11 is 0. The average molecular weight is 345 g/mol. The minimum absolute atomic E-state index is 0.255. The Morgan fingerprint density at radius 2 is 2.36 bits per heavy atom. The first-order valence-corrected chi connectivity index (χ1v) is 8.40. The lowest BCUT2D eigenvalue weighted by Crippen LogP contribution is -2.39. The van der Waals surface area contributed by atoms with E-state index in [2.05, 4.69) is 15.2 Å². The predicted molar refractivity (Wildman–Crippen MR) is 92.3 cm³/mol. The Kier molecular flexibility index (Phi) is 5.67. The number of methoxy groups -OCH3 is 1. The third-order valence-electron chi connectivity index (χ3n) is 4.17. The van der Waals surface area contributed by atoms with Gasteiger partial charge in [-0.25, -0.2) is 4.98 Å². The number of carbonyl (C=O) groups excluding carboxylic acids is 1. The molecular weight excluding hydrogens is 322 g/mol. The lowest BCUT2D eigenvalue weighted by molar-refractivity contribution is 0.0914. The first-order chi connectivity index (χ1) is 12.2. The van der Waals surface area contributed by atoms with Crippen LogP contribution in [0.25, 0.3) is 0 Å². The molecule has 0 radical (unpaired) electrons. The van der Waals surface area contributed by atoms with Crippen molar-refractivity contribution in [3.8, 4) is 0 Å². The number of pyridine rings is 1. The Hall–Kier alpha value is -2.38. The molecule has 1 aliphatic rings. The van der Waals surface area contributed by atoms with Gasteiger partial charge in [-0.05, 0) is 31.0 Å². The lowest BCUT2D eigenvalue weighted by atomic mass is 10.1. The second-order valence-corrected chi connectivity index (χ2v) is 6.11. The number of amides is 1. The van der Waals surface area contributed by atoms with Crippen LogP contribution in [0, 0.1) is 0 Å². The van der Waals surface area contributed by atoms with Gasteiger partial charge in [0, 0.05) is 38.5 Å². The van der Waals surface area contributed by atoms with Gasteiger partial charge in [0.05, 0.1) is 6.10 Å². The molecule has 2 aromatic rings. The normalized spacial score (nSPS) is 17.5. The van der Waals surface area contributed by atoms with Crippen LogP contribution in [0.1, 0.15) is 34.7 Å². The molecule has 134 valence electrons. The molecule has 1 unspecified atom stereocenters. The van der Waals surface area contributed by atoms with Gasteiger partial charge in [0.2, 0.25) is 0 Å². The summed E-state index contributed by atoms with van der Waals surface area (Å²) in [5.74, 6) is 1.39. The van der Waals surface area contributed by atoms with Crippen LogP contribution in [-0.2, 0) is 17.9 Å². The summed E-state index contributed by atoms with van der Waals surface area (Å²) in [5, 5.41) is 12.7. The van der Waals surface area contributed by atoms with E-state index >= 15 is 0 Å². The molecule has 3 rings (SSSR count). The molecule has 3 heterocycles. The Morgan fingerprint density at radius 3 is 3.16 bits per heavy atom. The van der Waals surface area contributed by atoms with Gasteiger partial charge in [-0.15, -0.1) is 0 Å². The van der Waals surface area contributed by atoms with Gasteiger partial charge < -0.3 is 24.5 Å². The maximum atomic E-state index is 12.3. The zero-order valence-electron chi connectivity index (χ0n) is 14.3. The van der Waals surface area contributed by atoms with Crippen LogP contribution in [-0.4, -0.2) is 42.3 Å². The summed E-state index contributed by atoms with van der Waals surface area (Å²) < 4.78 is 10.4. The molecule has 0 bridgehead atoms. The molecular formula is C18H23N3O4. The average Bonchev–Trinajstić information content (AvgIpc) is 3.09. The molecule has 1 fully saturated rings. The number of furan rings is 1. The summed E-state index contributed by atoms with van der Waals surface area (Å²) in [5.41, 5.74) is 0.911. The number of ether oxygens (including phenoxy) is 1. The Morgan fingerprint density at radius 1 is 1.48 bits per heavy atom. The molecule has 7 nitrogen and oxygen atoms in total. The fourth-order valence-electron chi connectivity index (χ4n) is 2.98. The van der Waals surface area contributed by atoms with E-state index in [1.54, 1.807) is 25.4 Å². The van der Waals surface area contributed by atoms with Gasteiger partial charge in [0.1, 0.15) is 18.2 Å². The summed E-state index contributed by atoms with van der Waals surface area (Å²) in [7, 11) is 1.57. The van der Waals surface area contributed by atoms with Crippen molar-refractivity contribution in [1.82, 2.24) is 10.3 Å². The second-order valence-electron chi connectivity index (χ2n) is 6.11. The third kappa shape index (κ3) is 4.37. The highest BCUT2D eigenvalue weighted by Gasteiger charge is 2.21. The van der Waals surface area contributed by atoms with Crippen LogP contribution in [0.15, 0.2) is 34.9 Å². The van der Waals surface area contributed by atoms with Crippen LogP contribution >= 0.6 is 0 Å². The van der Waals surface area contributed by atoms with Gasteiger partial charge in [-0.1, -0.05) is 6.07 Å². The molecule has 1 amide bonds. The number of nitrogens with zero attached hydrogens (tertiary/aromatic N) is 2. The maximum Gasteiger partial charge on any atom is 0.287 e. The van der Waals surface area contributed by atoms with Gasteiger partial charge in [-0.3, -0.25) is 4.79 Å². The van der Waals surface area contributed by atoms with Crippen LogP contribution < -0.4 is 10.2 Å². The van der Waals surface area contributed by atoms with Crippen LogP contribution in [0.5, 0.6) is 0 Å². The maximum absolute atomic E-state index is 12.3. The number of aliphatic hydroxyl groups is 1. The minimum atomic E-state index is -0.333. The van der Waals surface area contributed by atoms with Crippen molar-refractivity contribution in [2.75, 3.05) is 25.1 Å². The summed E-state index contributed by atoms with van der Waals surface area (Å²) in [6.07, 6.45) is 3.14. The van der Waals surface area contributed by atoms with E-state index in [0.717, 1.165) is 30.8 Å². The molecule has 0 saturated carbocycles. The summed E-state index contributed by atoms with van der Waals surface area (Å²) in [6, 6.07) is 7.13. The van der Waals surface area contributed by atoms with E-state index in [1.807, 2.05) is 12.1 Å². The largest absolute Gasteiger partial charge is 0.453 e. The SMILES string of the molecule is COCc1ccc(C(=O)NCc2cccnc2N2CCCC(O)C2)o1. The smallest absolute Gasteiger partial charge is 0.287 e. The molecule has 1 atom stereocenters. The number of nitrogens with one attached hydrogen (secondary N) is 1. The standard InChI is InChI=1S/C18H23N3O4/c1-24-12-15-6-7-16(25-15)18(23)20-10-13-4-2-8-19-17(13)21-9-3-5-14(22)11-21/h2,4,6-8,14,22H,3,5,9-12H2,1H3,(H,20,23). The molecule has 0 aliphatic carbocycles. The number of aromatic nitrogens is 1. The van der Waals surface area contributed by atoms with Crippen molar-refractivity contribution in [3.63, 3.8) is 0 Å². The number of carbonyl (C=O) groups is 1. The topological polar surface area (TPSA) is 87.8 Å². The molecule has 0 aromatic carbocycles. The first kappa shape index (κ1) is 17.4. The van der Waals surface area contributed by atoms with Crippen molar-refractivity contribution in [2.45, 2.75) is 32.1 Å². The van der Waals surface area contributed by atoms with E-state index in [4.69, 9.17) is 9.15 Å². The van der Waals surface area contributed by atoms with E-state index < -0.39 is 0 Å². The summed E-state index contributed by atoms with van der Waals surface area (Å²) in [6.45, 7) is 2.09. The van der Waals surface area contributed by atoms with E-state index in [-0.39, 0.29) is 17.8 Å². The fourth-order valence-corrected chi connectivity index (χ4v) is 2.98. The highest BCUT2D eigenvalue weighted by atomic mass is 16.5. The molecule has 0 spiro atoms. The molecule has 1 saturated heterocycles. The van der Waals surface area contributed by atoms with Crippen LogP contribution in [0.3, 0.4) is 0 Å². The Balaban J connectivity index is 1.65. The molecule has 7 heteroatoms. The number of aliphatic hydroxyl groups excluding tert-OH is 1. The van der Waals surface area contributed by atoms with E-state index in [0.29, 0.717) is 25.5 Å². The highest BCUT2D eigenvalue weighted by molar-refractivity contribution is 5.91. The van der Waals surface area contributed by atoms with Crippen LogP contribution in [0.4, 0.5) is 5.82 Å². The number of anilines is 1. The Labute approximate surface area is 146 Å². The van der Waals surface area contributed by atoms with Crippen molar-refractivity contribution < 1.29 is 19.1 Å². The minimum Gasteiger partial charge on any atom is -0.453 e. The first-order valence-electron chi connectivity index (χ1n) is 8.40. The van der Waals surface area contributed by atoms with Crippen molar-refractivity contribution in [3.05, 3.63) is 47.5 Å². The van der Waals surface area contributed by atoms with E-state index in [9.17, 15) is 9.90 Å². The molecule has 25 heavy (non-hydrogen) atoms. The number of rotatable bonds is 6. The van der Waals surface area contributed by atoms with E-state index in [1.165, 1.54) is 0 Å². The number of hydrogen-bond acceptors (Lipinski definition) is 6. The quantitative estimate of drug-likeness (QED) is 0.829.